The molecule has 1 N–H and O–H groups in total. The number of thioether (sulfide) groups is 1. The van der Waals surface area contributed by atoms with Crippen molar-refractivity contribution in [2.24, 2.45) is 7.05 Å². The SMILES string of the molecule is Cc1nn(C)c(C)c1NC(=O)[C@H](C)Sc1ccc(F)c(Cl)c1. The van der Waals surface area contributed by atoms with E-state index in [-0.39, 0.29) is 16.2 Å². The molecule has 0 aliphatic heterocycles. The van der Waals surface area contributed by atoms with E-state index in [0.717, 1.165) is 22.0 Å². The standard InChI is InChI=1S/C15H17ClFN3OS/c1-8-14(9(2)20(4)19-8)18-15(21)10(3)22-11-5-6-13(17)12(16)7-11/h5-7,10H,1-4H3,(H,18,21)/t10-/m0/s1. The Morgan fingerprint density at radius 3 is 2.68 bits per heavy atom. The molecule has 0 aliphatic rings. The summed E-state index contributed by atoms with van der Waals surface area (Å²) in [5.74, 6) is -0.602. The molecule has 2 aromatic rings. The molecule has 0 bridgehead atoms. The maximum absolute atomic E-state index is 13.1. The van der Waals surface area contributed by atoms with Crippen LogP contribution < -0.4 is 5.32 Å². The molecule has 118 valence electrons. The fourth-order valence-corrected chi connectivity index (χ4v) is 3.14. The van der Waals surface area contributed by atoms with E-state index >= 15 is 0 Å². The van der Waals surface area contributed by atoms with Gasteiger partial charge in [0.25, 0.3) is 0 Å². The van der Waals surface area contributed by atoms with Gasteiger partial charge in [-0.1, -0.05) is 11.6 Å². The van der Waals surface area contributed by atoms with Crippen molar-refractivity contribution in [1.82, 2.24) is 9.78 Å². The molecule has 1 aromatic carbocycles. The predicted molar refractivity (Wildman–Crippen MR) is 88.0 cm³/mol. The average molecular weight is 342 g/mol. The number of amides is 1. The fraction of sp³-hybridized carbons (Fsp3) is 0.333. The molecule has 1 aromatic heterocycles. The van der Waals surface area contributed by atoms with Gasteiger partial charge in [-0.2, -0.15) is 5.10 Å². The quantitative estimate of drug-likeness (QED) is 0.856. The minimum Gasteiger partial charge on any atom is -0.322 e. The predicted octanol–water partition coefficient (Wildman–Crippen LogP) is 3.95. The highest BCUT2D eigenvalue weighted by Gasteiger charge is 2.18. The van der Waals surface area contributed by atoms with Crippen LogP contribution in [0.25, 0.3) is 0 Å². The lowest BCUT2D eigenvalue weighted by molar-refractivity contribution is -0.115. The zero-order valence-electron chi connectivity index (χ0n) is 12.8. The molecule has 7 heteroatoms. The van der Waals surface area contributed by atoms with Gasteiger partial charge < -0.3 is 5.32 Å². The second-order valence-corrected chi connectivity index (χ2v) is 6.82. The molecule has 2 rings (SSSR count). The van der Waals surface area contributed by atoms with Crippen molar-refractivity contribution < 1.29 is 9.18 Å². The van der Waals surface area contributed by atoms with Crippen LogP contribution in [0, 0.1) is 19.7 Å². The van der Waals surface area contributed by atoms with Crippen LogP contribution in [0.5, 0.6) is 0 Å². The first-order valence-corrected chi connectivity index (χ1v) is 7.98. The third kappa shape index (κ3) is 3.62. The molecule has 1 atom stereocenters. The van der Waals surface area contributed by atoms with Crippen molar-refractivity contribution in [2.75, 3.05) is 5.32 Å². The second-order valence-electron chi connectivity index (χ2n) is 4.99. The molecule has 0 aliphatic carbocycles. The van der Waals surface area contributed by atoms with E-state index in [0.29, 0.717) is 0 Å². The Hall–Kier alpha value is -1.53. The topological polar surface area (TPSA) is 46.9 Å². The van der Waals surface area contributed by atoms with Gasteiger partial charge in [0, 0.05) is 11.9 Å². The zero-order chi connectivity index (χ0) is 16.4. The lowest BCUT2D eigenvalue weighted by atomic mass is 10.3. The van der Waals surface area contributed by atoms with Crippen LogP contribution in [0.1, 0.15) is 18.3 Å². The molecule has 0 saturated carbocycles. The van der Waals surface area contributed by atoms with E-state index in [1.165, 1.54) is 23.9 Å². The smallest absolute Gasteiger partial charge is 0.237 e. The monoisotopic (exact) mass is 341 g/mol. The van der Waals surface area contributed by atoms with Gasteiger partial charge in [0.1, 0.15) is 5.82 Å². The van der Waals surface area contributed by atoms with Gasteiger partial charge in [-0.3, -0.25) is 9.48 Å². The molecule has 0 radical (unpaired) electrons. The Morgan fingerprint density at radius 1 is 1.45 bits per heavy atom. The first-order valence-electron chi connectivity index (χ1n) is 6.72. The van der Waals surface area contributed by atoms with Gasteiger partial charge in [0.05, 0.1) is 27.3 Å². The first-order chi connectivity index (χ1) is 10.3. The maximum Gasteiger partial charge on any atom is 0.237 e. The lowest BCUT2D eigenvalue weighted by Gasteiger charge is -2.12. The number of carbonyl (C=O) groups excluding carboxylic acids is 1. The summed E-state index contributed by atoms with van der Waals surface area (Å²) in [7, 11) is 1.83. The van der Waals surface area contributed by atoms with E-state index in [4.69, 9.17) is 11.6 Å². The highest BCUT2D eigenvalue weighted by molar-refractivity contribution is 8.00. The molecule has 1 amide bonds. The molecule has 0 unspecified atom stereocenters. The maximum atomic E-state index is 13.1. The summed E-state index contributed by atoms with van der Waals surface area (Å²) in [6.45, 7) is 5.53. The number of hydrogen-bond acceptors (Lipinski definition) is 3. The highest BCUT2D eigenvalue weighted by atomic mass is 35.5. The van der Waals surface area contributed by atoms with Gasteiger partial charge in [0.15, 0.2) is 0 Å². The van der Waals surface area contributed by atoms with Gasteiger partial charge in [-0.15, -0.1) is 11.8 Å². The summed E-state index contributed by atoms with van der Waals surface area (Å²) in [4.78, 5) is 13.1. The molecular formula is C15H17ClFN3OS. The number of carbonyl (C=O) groups is 1. The number of aromatic nitrogens is 2. The van der Waals surface area contributed by atoms with E-state index in [1.807, 2.05) is 20.9 Å². The summed E-state index contributed by atoms with van der Waals surface area (Å²) >= 11 is 7.07. The summed E-state index contributed by atoms with van der Waals surface area (Å²) < 4.78 is 14.9. The summed E-state index contributed by atoms with van der Waals surface area (Å²) in [6, 6.07) is 4.42. The number of anilines is 1. The summed E-state index contributed by atoms with van der Waals surface area (Å²) in [5, 5.41) is 6.87. The number of rotatable bonds is 4. The Balaban J connectivity index is 2.07. The van der Waals surface area contributed by atoms with Crippen LogP contribution in [0.3, 0.4) is 0 Å². The van der Waals surface area contributed by atoms with Crippen molar-refractivity contribution in [2.45, 2.75) is 30.9 Å². The molecule has 0 fully saturated rings. The number of benzene rings is 1. The van der Waals surface area contributed by atoms with Gasteiger partial charge in [-0.05, 0) is 39.0 Å². The van der Waals surface area contributed by atoms with Crippen molar-refractivity contribution in [3.05, 3.63) is 40.4 Å². The fourth-order valence-electron chi connectivity index (χ4n) is 1.99. The van der Waals surface area contributed by atoms with E-state index in [1.54, 1.807) is 17.7 Å². The summed E-state index contributed by atoms with van der Waals surface area (Å²) in [5.41, 5.74) is 2.40. The second kappa shape index (κ2) is 6.71. The lowest BCUT2D eigenvalue weighted by Crippen LogP contribution is -2.23. The number of hydrogen-bond donors (Lipinski definition) is 1. The van der Waals surface area contributed by atoms with E-state index in [2.05, 4.69) is 10.4 Å². The normalized spacial score (nSPS) is 12.3. The number of nitrogens with zero attached hydrogens (tertiary/aromatic N) is 2. The third-order valence-corrected chi connectivity index (χ3v) is 4.71. The van der Waals surface area contributed by atoms with Crippen molar-refractivity contribution >= 4 is 35.0 Å². The number of halogens is 2. The first kappa shape index (κ1) is 16.8. The molecule has 0 saturated heterocycles. The van der Waals surface area contributed by atoms with Crippen molar-refractivity contribution in [3.63, 3.8) is 0 Å². The Kier molecular flexibility index (Phi) is 5.13. The minimum atomic E-state index is -0.468. The average Bonchev–Trinajstić information content (AvgIpc) is 2.69. The van der Waals surface area contributed by atoms with E-state index in [9.17, 15) is 9.18 Å². The number of nitrogens with one attached hydrogen (secondary N) is 1. The van der Waals surface area contributed by atoms with Crippen molar-refractivity contribution in [1.29, 1.82) is 0 Å². The Morgan fingerprint density at radius 2 is 2.14 bits per heavy atom. The van der Waals surface area contributed by atoms with Crippen molar-refractivity contribution in [3.8, 4) is 0 Å². The van der Waals surface area contributed by atoms with Crippen LogP contribution in [0.4, 0.5) is 10.1 Å². The molecular weight excluding hydrogens is 325 g/mol. The summed E-state index contributed by atoms with van der Waals surface area (Å²) in [6.07, 6.45) is 0. The van der Waals surface area contributed by atoms with E-state index < -0.39 is 5.82 Å². The zero-order valence-corrected chi connectivity index (χ0v) is 14.3. The van der Waals surface area contributed by atoms with Gasteiger partial charge in [-0.25, -0.2) is 4.39 Å². The largest absolute Gasteiger partial charge is 0.322 e. The third-order valence-electron chi connectivity index (χ3n) is 3.33. The molecule has 22 heavy (non-hydrogen) atoms. The Labute approximate surface area is 138 Å². The molecule has 0 spiro atoms. The van der Waals surface area contributed by atoms with Crippen LogP contribution in [0.2, 0.25) is 5.02 Å². The van der Waals surface area contributed by atoms with Gasteiger partial charge in [0.2, 0.25) is 5.91 Å². The van der Waals surface area contributed by atoms with Crippen LogP contribution >= 0.6 is 23.4 Å². The Bertz CT molecular complexity index is 717. The van der Waals surface area contributed by atoms with Crippen LogP contribution in [-0.2, 0) is 11.8 Å². The molecule has 1 heterocycles. The number of aryl methyl sites for hydroxylation is 2. The minimum absolute atomic E-state index is 0.0524. The van der Waals surface area contributed by atoms with Crippen LogP contribution in [-0.4, -0.2) is 20.9 Å². The molecule has 4 nitrogen and oxygen atoms in total. The highest BCUT2D eigenvalue weighted by Crippen LogP contribution is 2.28. The van der Waals surface area contributed by atoms with Gasteiger partial charge >= 0.3 is 0 Å². The van der Waals surface area contributed by atoms with Crippen LogP contribution in [0.15, 0.2) is 23.1 Å².